The number of ether oxygens (including phenoxy) is 1. The lowest BCUT2D eigenvalue weighted by molar-refractivity contribution is 0.0696. The first-order chi connectivity index (χ1) is 11.1. The molecule has 0 aromatic heterocycles. The molecule has 118 valence electrons. The van der Waals surface area contributed by atoms with Crippen LogP contribution >= 0.6 is 0 Å². The smallest absolute Gasteiger partial charge is 0.407 e. The van der Waals surface area contributed by atoms with Gasteiger partial charge in [0, 0.05) is 6.54 Å². The second-order valence-electron chi connectivity index (χ2n) is 4.78. The van der Waals surface area contributed by atoms with Crippen LogP contribution in [0, 0.1) is 0 Å². The highest BCUT2D eigenvalue weighted by atomic mass is 16.5. The molecule has 0 radical (unpaired) electrons. The maximum atomic E-state index is 11.5. The quantitative estimate of drug-likeness (QED) is 0.858. The fourth-order valence-electron chi connectivity index (χ4n) is 1.89. The summed E-state index contributed by atoms with van der Waals surface area (Å²) in [5.41, 5.74) is 1.90. The van der Waals surface area contributed by atoms with Crippen LogP contribution in [0.4, 0.5) is 4.79 Å². The minimum absolute atomic E-state index is 0.219. The number of carboxylic acids is 1. The highest BCUT2D eigenvalue weighted by molar-refractivity contribution is 5.88. The van der Waals surface area contributed by atoms with Crippen LogP contribution in [0.1, 0.15) is 21.5 Å². The first-order valence-electron chi connectivity index (χ1n) is 7.09. The first kappa shape index (κ1) is 16.3. The van der Waals surface area contributed by atoms with Gasteiger partial charge in [-0.2, -0.15) is 0 Å². The molecule has 0 spiro atoms. The van der Waals surface area contributed by atoms with Crippen molar-refractivity contribution in [1.82, 2.24) is 5.32 Å². The zero-order valence-electron chi connectivity index (χ0n) is 12.4. The largest absolute Gasteiger partial charge is 0.478 e. The van der Waals surface area contributed by atoms with Crippen molar-refractivity contribution in [2.24, 2.45) is 0 Å². The van der Waals surface area contributed by atoms with Crippen molar-refractivity contribution in [3.8, 4) is 0 Å². The van der Waals surface area contributed by atoms with E-state index in [-0.39, 0.29) is 12.2 Å². The van der Waals surface area contributed by atoms with Crippen molar-refractivity contribution in [3.05, 3.63) is 77.4 Å². The van der Waals surface area contributed by atoms with Crippen molar-refractivity contribution < 1.29 is 19.4 Å². The monoisotopic (exact) mass is 311 g/mol. The van der Waals surface area contributed by atoms with Crippen molar-refractivity contribution in [1.29, 1.82) is 0 Å². The summed E-state index contributed by atoms with van der Waals surface area (Å²) in [6.07, 6.45) is 2.96. The van der Waals surface area contributed by atoms with Gasteiger partial charge in [0.25, 0.3) is 0 Å². The lowest BCUT2D eigenvalue weighted by Gasteiger charge is -2.05. The van der Waals surface area contributed by atoms with Gasteiger partial charge in [0.1, 0.15) is 6.61 Å². The molecule has 0 bridgehead atoms. The van der Waals surface area contributed by atoms with Crippen molar-refractivity contribution in [2.75, 3.05) is 6.54 Å². The van der Waals surface area contributed by atoms with E-state index in [1.165, 1.54) is 6.07 Å². The summed E-state index contributed by atoms with van der Waals surface area (Å²) in [4.78, 5) is 22.4. The fraction of sp³-hybridized carbons (Fsp3) is 0.111. The number of rotatable bonds is 6. The highest BCUT2D eigenvalue weighted by Crippen LogP contribution is 2.07. The van der Waals surface area contributed by atoms with E-state index in [0.29, 0.717) is 6.54 Å². The van der Waals surface area contributed by atoms with Crippen LogP contribution in [0.3, 0.4) is 0 Å². The molecule has 2 aromatic rings. The molecular weight excluding hydrogens is 294 g/mol. The van der Waals surface area contributed by atoms with Crippen LogP contribution in [0.15, 0.2) is 60.7 Å². The zero-order chi connectivity index (χ0) is 16.5. The second-order valence-corrected chi connectivity index (χ2v) is 4.78. The standard InChI is InChI=1S/C18H17NO4/c20-17(21)16-10-4-8-14(12-16)9-5-11-19-18(22)23-13-15-6-2-1-3-7-15/h1-10,12H,11,13H2,(H,19,22)(H,20,21). The van der Waals surface area contributed by atoms with E-state index in [0.717, 1.165) is 11.1 Å². The number of hydrogen-bond donors (Lipinski definition) is 2. The van der Waals surface area contributed by atoms with Gasteiger partial charge < -0.3 is 15.2 Å². The third-order valence-electron chi connectivity index (χ3n) is 3.02. The van der Waals surface area contributed by atoms with Gasteiger partial charge in [-0.3, -0.25) is 0 Å². The number of amides is 1. The van der Waals surface area contributed by atoms with Gasteiger partial charge in [0.2, 0.25) is 0 Å². The molecule has 0 saturated carbocycles. The Balaban J connectivity index is 1.74. The summed E-state index contributed by atoms with van der Waals surface area (Å²) in [6.45, 7) is 0.516. The van der Waals surface area contributed by atoms with E-state index in [1.807, 2.05) is 30.3 Å². The summed E-state index contributed by atoms with van der Waals surface area (Å²) >= 11 is 0. The van der Waals surface area contributed by atoms with Gasteiger partial charge in [-0.05, 0) is 23.3 Å². The van der Waals surface area contributed by atoms with Crippen molar-refractivity contribution in [3.63, 3.8) is 0 Å². The Morgan fingerprint density at radius 1 is 1.09 bits per heavy atom. The van der Waals surface area contributed by atoms with E-state index >= 15 is 0 Å². The number of carbonyl (C=O) groups is 2. The Labute approximate surface area is 134 Å². The summed E-state index contributed by atoms with van der Waals surface area (Å²) < 4.78 is 5.07. The minimum atomic E-state index is -0.970. The molecule has 2 N–H and O–H groups in total. The Morgan fingerprint density at radius 3 is 2.61 bits per heavy atom. The molecule has 0 saturated heterocycles. The van der Waals surface area contributed by atoms with Crippen molar-refractivity contribution >= 4 is 18.1 Å². The summed E-state index contributed by atoms with van der Waals surface area (Å²) in [5, 5.41) is 11.5. The molecule has 5 nitrogen and oxygen atoms in total. The van der Waals surface area contributed by atoms with Gasteiger partial charge in [-0.1, -0.05) is 54.6 Å². The lowest BCUT2D eigenvalue weighted by Crippen LogP contribution is -2.24. The molecule has 5 heteroatoms. The molecule has 23 heavy (non-hydrogen) atoms. The number of alkyl carbamates (subject to hydrolysis) is 1. The average Bonchev–Trinajstić information content (AvgIpc) is 2.58. The summed E-state index contributed by atoms with van der Waals surface area (Å²) in [7, 11) is 0. The molecule has 0 aliphatic carbocycles. The summed E-state index contributed by atoms with van der Waals surface area (Å²) in [6, 6.07) is 16.0. The Kier molecular flexibility index (Phi) is 5.94. The fourth-order valence-corrected chi connectivity index (χ4v) is 1.89. The number of benzene rings is 2. The van der Waals surface area contributed by atoms with Crippen molar-refractivity contribution in [2.45, 2.75) is 6.61 Å². The Hall–Kier alpha value is -3.08. The number of nitrogens with one attached hydrogen (secondary N) is 1. The Bertz CT molecular complexity index is 695. The Morgan fingerprint density at radius 2 is 1.87 bits per heavy atom. The molecule has 0 aliphatic heterocycles. The van der Waals surface area contributed by atoms with E-state index in [4.69, 9.17) is 9.84 Å². The van der Waals surface area contributed by atoms with Crippen LogP contribution < -0.4 is 5.32 Å². The predicted octanol–water partition coefficient (Wildman–Crippen LogP) is 3.32. The van der Waals surface area contributed by atoms with Gasteiger partial charge >= 0.3 is 12.1 Å². The van der Waals surface area contributed by atoms with Crippen LogP contribution in [-0.4, -0.2) is 23.7 Å². The van der Waals surface area contributed by atoms with Crippen LogP contribution in [0.5, 0.6) is 0 Å². The van der Waals surface area contributed by atoms with Gasteiger partial charge in [-0.15, -0.1) is 0 Å². The number of carboxylic acid groups (broad SMARTS) is 1. The zero-order valence-corrected chi connectivity index (χ0v) is 12.4. The van der Waals surface area contributed by atoms with Gasteiger partial charge in [0.15, 0.2) is 0 Å². The van der Waals surface area contributed by atoms with Gasteiger partial charge in [-0.25, -0.2) is 9.59 Å². The number of hydrogen-bond acceptors (Lipinski definition) is 3. The number of aromatic carboxylic acids is 1. The molecule has 0 heterocycles. The number of carbonyl (C=O) groups excluding carboxylic acids is 1. The van der Waals surface area contributed by atoms with Crippen LogP contribution in [-0.2, 0) is 11.3 Å². The molecule has 2 aromatic carbocycles. The lowest BCUT2D eigenvalue weighted by atomic mass is 10.1. The molecule has 0 atom stereocenters. The molecule has 2 rings (SSSR count). The second kappa shape index (κ2) is 8.38. The molecule has 0 fully saturated rings. The van der Waals surface area contributed by atoms with E-state index < -0.39 is 12.1 Å². The summed E-state index contributed by atoms with van der Waals surface area (Å²) in [5.74, 6) is -0.970. The molecular formula is C18H17NO4. The topological polar surface area (TPSA) is 75.6 Å². The maximum Gasteiger partial charge on any atom is 0.407 e. The van der Waals surface area contributed by atoms with Crippen LogP contribution in [0.25, 0.3) is 6.08 Å². The highest BCUT2D eigenvalue weighted by Gasteiger charge is 2.02. The van der Waals surface area contributed by atoms with E-state index in [1.54, 1.807) is 30.4 Å². The average molecular weight is 311 g/mol. The third-order valence-corrected chi connectivity index (χ3v) is 3.02. The third kappa shape index (κ3) is 5.67. The SMILES string of the molecule is O=C(NCC=Cc1cccc(C(=O)O)c1)OCc1ccccc1. The maximum absolute atomic E-state index is 11.5. The predicted molar refractivity (Wildman–Crippen MR) is 87.1 cm³/mol. The van der Waals surface area contributed by atoms with E-state index in [2.05, 4.69) is 5.32 Å². The van der Waals surface area contributed by atoms with E-state index in [9.17, 15) is 9.59 Å². The molecule has 1 amide bonds. The molecule has 0 unspecified atom stereocenters. The first-order valence-corrected chi connectivity index (χ1v) is 7.09. The normalized spacial score (nSPS) is 10.4. The molecule has 0 aliphatic rings. The minimum Gasteiger partial charge on any atom is -0.478 e. The van der Waals surface area contributed by atoms with Gasteiger partial charge in [0.05, 0.1) is 5.56 Å². The van der Waals surface area contributed by atoms with Crippen LogP contribution in [0.2, 0.25) is 0 Å².